The van der Waals surface area contributed by atoms with E-state index in [1.807, 2.05) is 22.8 Å². The van der Waals surface area contributed by atoms with Crippen molar-refractivity contribution in [2.45, 2.75) is 13.0 Å². The summed E-state index contributed by atoms with van der Waals surface area (Å²) in [6, 6.07) is 12.0. The minimum atomic E-state index is -0.228. The van der Waals surface area contributed by atoms with Crippen molar-refractivity contribution in [3.8, 4) is 0 Å². The summed E-state index contributed by atoms with van der Waals surface area (Å²) in [5.41, 5.74) is 8.56. The van der Waals surface area contributed by atoms with Gasteiger partial charge in [-0.15, -0.1) is 0 Å². The lowest BCUT2D eigenvalue weighted by Gasteiger charge is -2.07. The van der Waals surface area contributed by atoms with E-state index in [2.05, 4.69) is 4.98 Å². The van der Waals surface area contributed by atoms with E-state index in [0.29, 0.717) is 23.9 Å². The van der Waals surface area contributed by atoms with Gasteiger partial charge in [0, 0.05) is 11.6 Å². The topological polar surface area (TPSA) is 43.8 Å². The van der Waals surface area contributed by atoms with Gasteiger partial charge in [0.05, 0.1) is 11.0 Å². The molecule has 0 spiro atoms. The molecule has 1 aromatic heterocycles. The molecule has 1 heterocycles. The van der Waals surface area contributed by atoms with E-state index in [1.54, 1.807) is 12.1 Å². The van der Waals surface area contributed by atoms with Gasteiger partial charge < -0.3 is 10.3 Å². The number of benzene rings is 2. The Hall–Kier alpha value is -2.07. The summed E-state index contributed by atoms with van der Waals surface area (Å²) in [7, 11) is 0. The van der Waals surface area contributed by atoms with Crippen LogP contribution in [0.1, 0.15) is 5.56 Å². The minimum Gasteiger partial charge on any atom is -0.369 e. The lowest BCUT2D eigenvalue weighted by molar-refractivity contribution is 0.623. The number of aryl methyl sites for hydroxylation is 2. The highest BCUT2D eigenvalue weighted by molar-refractivity contribution is 6.31. The largest absolute Gasteiger partial charge is 0.369 e. The number of anilines is 1. The quantitative estimate of drug-likeness (QED) is 0.800. The van der Waals surface area contributed by atoms with E-state index in [0.717, 1.165) is 16.6 Å². The van der Waals surface area contributed by atoms with Crippen LogP contribution in [0.15, 0.2) is 42.5 Å². The van der Waals surface area contributed by atoms with E-state index >= 15 is 0 Å². The molecule has 3 aromatic rings. The van der Waals surface area contributed by atoms with E-state index in [-0.39, 0.29) is 5.82 Å². The second-order valence-electron chi connectivity index (χ2n) is 4.63. The van der Waals surface area contributed by atoms with Crippen molar-refractivity contribution in [1.29, 1.82) is 0 Å². The van der Waals surface area contributed by atoms with Crippen LogP contribution in [0.4, 0.5) is 10.3 Å². The van der Waals surface area contributed by atoms with Gasteiger partial charge >= 0.3 is 0 Å². The van der Waals surface area contributed by atoms with Crippen molar-refractivity contribution < 1.29 is 4.39 Å². The Kier molecular flexibility index (Phi) is 3.32. The van der Waals surface area contributed by atoms with Crippen molar-refractivity contribution in [3.05, 3.63) is 58.9 Å². The molecular formula is C15H13ClFN3. The Bertz CT molecular complexity index is 767. The third-order valence-electron chi connectivity index (χ3n) is 3.25. The standard InChI is InChI=1S/C15H13ClFN3/c16-11-4-5-13-14(9-11)20(15(18)19-13)7-6-10-2-1-3-12(17)8-10/h1-5,8-9H,6-7H2,(H2,18,19). The van der Waals surface area contributed by atoms with E-state index < -0.39 is 0 Å². The van der Waals surface area contributed by atoms with Gasteiger partial charge in [0.25, 0.3) is 0 Å². The summed E-state index contributed by atoms with van der Waals surface area (Å²) in [5.74, 6) is 0.215. The summed E-state index contributed by atoms with van der Waals surface area (Å²) in [4.78, 5) is 4.29. The molecule has 3 nitrogen and oxygen atoms in total. The van der Waals surface area contributed by atoms with Crippen molar-refractivity contribution in [2.75, 3.05) is 5.73 Å². The molecule has 0 saturated heterocycles. The van der Waals surface area contributed by atoms with Crippen LogP contribution in [0.2, 0.25) is 5.02 Å². The Morgan fingerprint density at radius 1 is 1.20 bits per heavy atom. The van der Waals surface area contributed by atoms with Gasteiger partial charge in [-0.1, -0.05) is 23.7 Å². The average Bonchev–Trinajstić information content (AvgIpc) is 2.72. The van der Waals surface area contributed by atoms with E-state index in [1.165, 1.54) is 12.1 Å². The van der Waals surface area contributed by atoms with Crippen molar-refractivity contribution in [3.63, 3.8) is 0 Å². The van der Waals surface area contributed by atoms with Crippen LogP contribution in [0.3, 0.4) is 0 Å². The molecule has 0 saturated carbocycles. The predicted molar refractivity (Wildman–Crippen MR) is 79.3 cm³/mol. The number of nitrogens with zero attached hydrogens (tertiary/aromatic N) is 2. The molecule has 2 N–H and O–H groups in total. The summed E-state index contributed by atoms with van der Waals surface area (Å²) in [5, 5.41) is 0.643. The smallest absolute Gasteiger partial charge is 0.201 e. The Balaban J connectivity index is 1.90. The predicted octanol–water partition coefficient (Wildman–Crippen LogP) is 3.65. The Morgan fingerprint density at radius 2 is 2.05 bits per heavy atom. The maximum atomic E-state index is 13.2. The number of hydrogen-bond donors (Lipinski definition) is 1. The molecule has 0 amide bonds. The van der Waals surface area contributed by atoms with Crippen LogP contribution in [0.5, 0.6) is 0 Å². The van der Waals surface area contributed by atoms with Gasteiger partial charge in [0.15, 0.2) is 0 Å². The normalized spacial score (nSPS) is 11.1. The molecule has 20 heavy (non-hydrogen) atoms. The molecule has 0 radical (unpaired) electrons. The van der Waals surface area contributed by atoms with Crippen molar-refractivity contribution in [1.82, 2.24) is 9.55 Å². The van der Waals surface area contributed by atoms with Gasteiger partial charge in [0.2, 0.25) is 5.95 Å². The van der Waals surface area contributed by atoms with Crippen LogP contribution in [0.25, 0.3) is 11.0 Å². The Labute approximate surface area is 120 Å². The number of hydrogen-bond acceptors (Lipinski definition) is 2. The van der Waals surface area contributed by atoms with Crippen LogP contribution in [0, 0.1) is 5.82 Å². The molecule has 3 rings (SSSR count). The van der Waals surface area contributed by atoms with Gasteiger partial charge in [-0.2, -0.15) is 0 Å². The summed E-state index contributed by atoms with van der Waals surface area (Å²) in [6.07, 6.45) is 0.680. The molecule has 5 heteroatoms. The minimum absolute atomic E-state index is 0.228. The molecular weight excluding hydrogens is 277 g/mol. The summed E-state index contributed by atoms with van der Waals surface area (Å²) >= 11 is 6.01. The van der Waals surface area contributed by atoms with Crippen LogP contribution < -0.4 is 5.73 Å². The highest BCUT2D eigenvalue weighted by Gasteiger charge is 2.08. The summed E-state index contributed by atoms with van der Waals surface area (Å²) < 4.78 is 15.1. The molecule has 0 aliphatic carbocycles. The molecule has 102 valence electrons. The molecule has 0 atom stereocenters. The lowest BCUT2D eigenvalue weighted by Crippen LogP contribution is -2.05. The van der Waals surface area contributed by atoms with Gasteiger partial charge in [0.1, 0.15) is 5.82 Å². The first kappa shape index (κ1) is 12.9. The van der Waals surface area contributed by atoms with Crippen molar-refractivity contribution >= 4 is 28.6 Å². The van der Waals surface area contributed by atoms with Gasteiger partial charge in [-0.05, 0) is 42.3 Å². The first-order chi connectivity index (χ1) is 9.63. The van der Waals surface area contributed by atoms with E-state index in [4.69, 9.17) is 17.3 Å². The number of halogens is 2. The molecule has 0 unspecified atom stereocenters. The fourth-order valence-electron chi connectivity index (χ4n) is 2.28. The maximum absolute atomic E-state index is 13.2. The number of nitrogens with two attached hydrogens (primary N) is 1. The second kappa shape index (κ2) is 5.13. The van der Waals surface area contributed by atoms with Crippen LogP contribution >= 0.6 is 11.6 Å². The Morgan fingerprint density at radius 3 is 2.85 bits per heavy atom. The highest BCUT2D eigenvalue weighted by Crippen LogP contribution is 2.22. The summed E-state index contributed by atoms with van der Waals surface area (Å²) in [6.45, 7) is 0.631. The average molecular weight is 290 g/mol. The molecule has 0 fully saturated rings. The number of fused-ring (bicyclic) bond motifs is 1. The fraction of sp³-hybridized carbons (Fsp3) is 0.133. The number of aromatic nitrogens is 2. The number of imidazole rings is 1. The first-order valence-electron chi connectivity index (χ1n) is 6.29. The SMILES string of the molecule is Nc1nc2ccc(Cl)cc2n1CCc1cccc(F)c1. The molecule has 0 aliphatic heterocycles. The highest BCUT2D eigenvalue weighted by atomic mass is 35.5. The zero-order valence-electron chi connectivity index (χ0n) is 10.7. The second-order valence-corrected chi connectivity index (χ2v) is 5.07. The lowest BCUT2D eigenvalue weighted by atomic mass is 10.1. The first-order valence-corrected chi connectivity index (χ1v) is 6.67. The maximum Gasteiger partial charge on any atom is 0.201 e. The van der Waals surface area contributed by atoms with Crippen LogP contribution in [-0.4, -0.2) is 9.55 Å². The molecule has 0 aliphatic rings. The third kappa shape index (κ3) is 2.47. The van der Waals surface area contributed by atoms with Crippen molar-refractivity contribution in [2.24, 2.45) is 0 Å². The van der Waals surface area contributed by atoms with Gasteiger partial charge in [-0.25, -0.2) is 9.37 Å². The zero-order valence-corrected chi connectivity index (χ0v) is 11.4. The fourth-order valence-corrected chi connectivity index (χ4v) is 2.45. The molecule has 2 aromatic carbocycles. The monoisotopic (exact) mass is 289 g/mol. The zero-order chi connectivity index (χ0) is 14.1. The number of rotatable bonds is 3. The number of nitrogen functional groups attached to an aromatic ring is 1. The molecule has 0 bridgehead atoms. The van der Waals surface area contributed by atoms with E-state index in [9.17, 15) is 4.39 Å². The van der Waals surface area contributed by atoms with Crippen LogP contribution in [-0.2, 0) is 13.0 Å². The third-order valence-corrected chi connectivity index (χ3v) is 3.49. The van der Waals surface area contributed by atoms with Gasteiger partial charge in [-0.3, -0.25) is 0 Å².